The highest BCUT2D eigenvalue weighted by Gasteiger charge is 2.23. The monoisotopic (exact) mass is 220 g/mol. The van der Waals surface area contributed by atoms with Gasteiger partial charge in [0.05, 0.1) is 4.83 Å². The largest absolute Gasteiger partial charge is 0.381 e. The molecule has 1 aliphatic rings. The van der Waals surface area contributed by atoms with Gasteiger partial charge in [0, 0.05) is 19.1 Å². The first-order valence-electron chi connectivity index (χ1n) is 3.97. The summed E-state index contributed by atoms with van der Waals surface area (Å²) < 4.78 is 5.16. The Kier molecular flexibility index (Phi) is 3.52. The lowest BCUT2D eigenvalue weighted by Gasteiger charge is -2.21. The summed E-state index contributed by atoms with van der Waals surface area (Å²) in [6, 6.07) is 0. The molecule has 3 heteroatoms. The van der Waals surface area contributed by atoms with Gasteiger partial charge in [-0.25, -0.2) is 0 Å². The maximum Gasteiger partial charge on any atom is 0.149 e. The molecule has 0 N–H and O–H groups in total. The molecule has 0 bridgehead atoms. The molecule has 0 radical (unpaired) electrons. The zero-order valence-corrected chi connectivity index (χ0v) is 8.26. The second-order valence-corrected chi connectivity index (χ2v) is 4.28. The van der Waals surface area contributed by atoms with Crippen molar-refractivity contribution in [2.75, 3.05) is 13.2 Å². The van der Waals surface area contributed by atoms with Crippen LogP contribution in [0.1, 0.15) is 19.8 Å². The first-order valence-corrected chi connectivity index (χ1v) is 4.89. The van der Waals surface area contributed by atoms with Gasteiger partial charge in [-0.15, -0.1) is 0 Å². The van der Waals surface area contributed by atoms with E-state index in [2.05, 4.69) is 15.9 Å². The van der Waals surface area contributed by atoms with Crippen LogP contribution >= 0.6 is 15.9 Å². The topological polar surface area (TPSA) is 26.3 Å². The van der Waals surface area contributed by atoms with Gasteiger partial charge in [0.15, 0.2) is 0 Å². The Morgan fingerprint density at radius 3 is 2.55 bits per heavy atom. The predicted molar refractivity (Wildman–Crippen MR) is 46.9 cm³/mol. The summed E-state index contributed by atoms with van der Waals surface area (Å²) in [7, 11) is 0. The molecule has 0 aromatic rings. The van der Waals surface area contributed by atoms with E-state index < -0.39 is 0 Å². The Morgan fingerprint density at radius 2 is 2.09 bits per heavy atom. The van der Waals surface area contributed by atoms with Crippen molar-refractivity contribution in [3.63, 3.8) is 0 Å². The van der Waals surface area contributed by atoms with Crippen LogP contribution < -0.4 is 0 Å². The number of carbonyl (C=O) groups is 1. The number of hydrogen-bond donors (Lipinski definition) is 0. The number of Topliss-reactive ketones (excluding diaryl/α,β-unsaturated/α-hetero) is 1. The standard InChI is InChI=1S/C8H13BrO2/c1-6(9)8(10)7-2-4-11-5-3-7/h6-7H,2-5H2,1H3. The van der Waals surface area contributed by atoms with Crippen LogP contribution in [0.4, 0.5) is 0 Å². The van der Waals surface area contributed by atoms with Crippen molar-refractivity contribution in [3.05, 3.63) is 0 Å². The van der Waals surface area contributed by atoms with E-state index in [9.17, 15) is 4.79 Å². The van der Waals surface area contributed by atoms with Crippen LogP contribution in [-0.4, -0.2) is 23.8 Å². The number of carbonyl (C=O) groups excluding carboxylic acids is 1. The van der Waals surface area contributed by atoms with E-state index in [1.54, 1.807) is 0 Å². The Balaban J connectivity index is 2.39. The number of hydrogen-bond acceptors (Lipinski definition) is 2. The third-order valence-corrected chi connectivity index (χ3v) is 2.47. The van der Waals surface area contributed by atoms with Gasteiger partial charge in [0.25, 0.3) is 0 Å². The van der Waals surface area contributed by atoms with Gasteiger partial charge in [-0.3, -0.25) is 4.79 Å². The van der Waals surface area contributed by atoms with Gasteiger partial charge in [-0.05, 0) is 19.8 Å². The molecule has 1 rings (SSSR count). The van der Waals surface area contributed by atoms with Crippen LogP contribution in [-0.2, 0) is 9.53 Å². The van der Waals surface area contributed by atoms with Crippen molar-refractivity contribution in [2.24, 2.45) is 5.92 Å². The summed E-state index contributed by atoms with van der Waals surface area (Å²) >= 11 is 3.28. The molecule has 0 aromatic carbocycles. The second kappa shape index (κ2) is 4.21. The average Bonchev–Trinajstić information content (AvgIpc) is 2.05. The summed E-state index contributed by atoms with van der Waals surface area (Å²) in [5.41, 5.74) is 0. The van der Waals surface area contributed by atoms with E-state index in [1.165, 1.54) is 0 Å². The minimum Gasteiger partial charge on any atom is -0.381 e. The maximum absolute atomic E-state index is 11.4. The number of halogens is 1. The van der Waals surface area contributed by atoms with Gasteiger partial charge in [-0.2, -0.15) is 0 Å². The normalized spacial score (nSPS) is 23.1. The molecule has 0 aliphatic carbocycles. The highest BCUT2D eigenvalue weighted by atomic mass is 79.9. The van der Waals surface area contributed by atoms with Crippen molar-refractivity contribution < 1.29 is 9.53 Å². The van der Waals surface area contributed by atoms with Crippen LogP contribution in [0.3, 0.4) is 0 Å². The number of alkyl halides is 1. The SMILES string of the molecule is CC(Br)C(=O)C1CCOCC1. The Hall–Kier alpha value is 0.110. The molecule has 0 aromatic heterocycles. The van der Waals surface area contributed by atoms with Crippen molar-refractivity contribution in [3.8, 4) is 0 Å². The van der Waals surface area contributed by atoms with Crippen LogP contribution in [0.5, 0.6) is 0 Å². The third-order valence-electron chi connectivity index (χ3n) is 2.02. The summed E-state index contributed by atoms with van der Waals surface area (Å²) in [5.74, 6) is 0.562. The van der Waals surface area contributed by atoms with Crippen LogP contribution in [0.2, 0.25) is 0 Å². The summed E-state index contributed by atoms with van der Waals surface area (Å²) in [5, 5.41) is 0. The van der Waals surface area contributed by atoms with Crippen molar-refractivity contribution in [2.45, 2.75) is 24.6 Å². The highest BCUT2D eigenvalue weighted by molar-refractivity contribution is 9.10. The fourth-order valence-corrected chi connectivity index (χ4v) is 1.68. The van der Waals surface area contributed by atoms with E-state index in [0.29, 0.717) is 5.78 Å². The van der Waals surface area contributed by atoms with E-state index in [0.717, 1.165) is 26.1 Å². The number of rotatable bonds is 2. The molecule has 64 valence electrons. The molecule has 1 heterocycles. The number of ether oxygens (including phenoxy) is 1. The molecule has 1 fully saturated rings. The fourth-order valence-electron chi connectivity index (χ4n) is 1.31. The Labute approximate surface area is 75.4 Å². The zero-order chi connectivity index (χ0) is 8.27. The fraction of sp³-hybridized carbons (Fsp3) is 0.875. The minimum absolute atomic E-state index is 0.00519. The zero-order valence-electron chi connectivity index (χ0n) is 6.68. The van der Waals surface area contributed by atoms with Crippen LogP contribution in [0, 0.1) is 5.92 Å². The second-order valence-electron chi connectivity index (χ2n) is 2.91. The molecular weight excluding hydrogens is 208 g/mol. The highest BCUT2D eigenvalue weighted by Crippen LogP contribution is 2.19. The van der Waals surface area contributed by atoms with E-state index >= 15 is 0 Å². The Morgan fingerprint density at radius 1 is 1.55 bits per heavy atom. The molecule has 1 aliphatic heterocycles. The van der Waals surface area contributed by atoms with Crippen LogP contribution in [0.25, 0.3) is 0 Å². The van der Waals surface area contributed by atoms with Gasteiger partial charge in [0.1, 0.15) is 5.78 Å². The molecule has 0 amide bonds. The first kappa shape index (κ1) is 9.20. The molecule has 1 unspecified atom stereocenters. The summed E-state index contributed by atoms with van der Waals surface area (Å²) in [6.45, 7) is 3.38. The van der Waals surface area contributed by atoms with Gasteiger partial charge >= 0.3 is 0 Å². The maximum atomic E-state index is 11.4. The summed E-state index contributed by atoms with van der Waals surface area (Å²) in [6.07, 6.45) is 1.80. The van der Waals surface area contributed by atoms with Crippen molar-refractivity contribution in [1.82, 2.24) is 0 Å². The van der Waals surface area contributed by atoms with E-state index in [1.807, 2.05) is 6.92 Å². The predicted octanol–water partition coefficient (Wildman–Crippen LogP) is 1.77. The minimum atomic E-state index is 0.00519. The molecule has 0 saturated carbocycles. The quantitative estimate of drug-likeness (QED) is 0.664. The lowest BCUT2D eigenvalue weighted by Crippen LogP contribution is -2.27. The van der Waals surface area contributed by atoms with E-state index in [4.69, 9.17) is 4.74 Å². The first-order chi connectivity index (χ1) is 5.22. The molecule has 11 heavy (non-hydrogen) atoms. The van der Waals surface area contributed by atoms with Crippen molar-refractivity contribution >= 4 is 21.7 Å². The number of ketones is 1. The molecule has 0 spiro atoms. The van der Waals surface area contributed by atoms with Gasteiger partial charge in [-0.1, -0.05) is 15.9 Å². The third kappa shape index (κ3) is 2.56. The van der Waals surface area contributed by atoms with Gasteiger partial charge in [0.2, 0.25) is 0 Å². The smallest absolute Gasteiger partial charge is 0.149 e. The lowest BCUT2D eigenvalue weighted by molar-refractivity contribution is -0.124. The molecule has 2 nitrogen and oxygen atoms in total. The molecular formula is C8H13BrO2. The molecule has 1 saturated heterocycles. The Bertz CT molecular complexity index is 139. The van der Waals surface area contributed by atoms with Crippen molar-refractivity contribution in [1.29, 1.82) is 0 Å². The average molecular weight is 221 g/mol. The lowest BCUT2D eigenvalue weighted by atomic mass is 9.94. The van der Waals surface area contributed by atoms with Gasteiger partial charge < -0.3 is 4.74 Å². The molecule has 1 atom stereocenters. The summed E-state index contributed by atoms with van der Waals surface area (Å²) in [4.78, 5) is 11.4. The van der Waals surface area contributed by atoms with Crippen LogP contribution in [0.15, 0.2) is 0 Å². The van der Waals surface area contributed by atoms with E-state index in [-0.39, 0.29) is 10.7 Å².